The minimum atomic E-state index is 0.189. The molecule has 0 amide bonds. The van der Waals surface area contributed by atoms with Crippen LogP contribution in [0.15, 0.2) is 18.2 Å². The molecule has 0 unspecified atom stereocenters. The molecule has 3 N–H and O–H groups in total. The molecule has 1 atom stereocenters. The van der Waals surface area contributed by atoms with Gasteiger partial charge in [-0.1, -0.05) is 13.0 Å². The number of hydrogen-bond acceptors (Lipinski definition) is 3. The molecule has 78 valence electrons. The highest BCUT2D eigenvalue weighted by molar-refractivity contribution is 5.49. The standard InChI is InChI=1S/C11H17NO2/c1-8(5-6-13)10-4-3-9(12)7-11(10)14-2/h3-4,7-8,13H,5-6,12H2,1-2H3/t8-/m0/s1. The Hall–Kier alpha value is -1.22. The zero-order chi connectivity index (χ0) is 10.6. The highest BCUT2D eigenvalue weighted by Gasteiger charge is 2.10. The first-order chi connectivity index (χ1) is 6.69. The second kappa shape index (κ2) is 4.86. The minimum absolute atomic E-state index is 0.189. The highest BCUT2D eigenvalue weighted by Crippen LogP contribution is 2.30. The van der Waals surface area contributed by atoms with Crippen LogP contribution in [0.25, 0.3) is 0 Å². The maximum absolute atomic E-state index is 8.85. The van der Waals surface area contributed by atoms with Crippen LogP contribution in [0.2, 0.25) is 0 Å². The summed E-state index contributed by atoms with van der Waals surface area (Å²) in [5, 5.41) is 8.85. The summed E-state index contributed by atoms with van der Waals surface area (Å²) in [6.45, 7) is 2.25. The fourth-order valence-electron chi connectivity index (χ4n) is 1.48. The van der Waals surface area contributed by atoms with Gasteiger partial charge in [0, 0.05) is 18.4 Å². The molecule has 0 heterocycles. The van der Waals surface area contributed by atoms with Gasteiger partial charge >= 0.3 is 0 Å². The summed E-state index contributed by atoms with van der Waals surface area (Å²) in [4.78, 5) is 0. The number of hydrogen-bond donors (Lipinski definition) is 2. The summed E-state index contributed by atoms with van der Waals surface area (Å²) in [7, 11) is 1.63. The van der Waals surface area contributed by atoms with E-state index in [-0.39, 0.29) is 12.5 Å². The summed E-state index contributed by atoms with van der Waals surface area (Å²) in [6.07, 6.45) is 0.736. The first-order valence-corrected chi connectivity index (χ1v) is 4.73. The third-order valence-electron chi connectivity index (χ3n) is 2.35. The molecule has 3 nitrogen and oxygen atoms in total. The maximum Gasteiger partial charge on any atom is 0.124 e. The fourth-order valence-corrected chi connectivity index (χ4v) is 1.48. The van der Waals surface area contributed by atoms with Crippen LogP contribution in [0, 0.1) is 0 Å². The summed E-state index contributed by atoms with van der Waals surface area (Å²) in [6, 6.07) is 5.61. The Labute approximate surface area is 84.5 Å². The Bertz CT molecular complexity index is 299. The summed E-state index contributed by atoms with van der Waals surface area (Å²) < 4.78 is 5.23. The zero-order valence-corrected chi connectivity index (χ0v) is 8.66. The average molecular weight is 195 g/mol. The molecular formula is C11H17NO2. The summed E-state index contributed by atoms with van der Waals surface area (Å²) >= 11 is 0. The van der Waals surface area contributed by atoms with Crippen molar-refractivity contribution in [2.75, 3.05) is 19.5 Å². The van der Waals surface area contributed by atoms with Gasteiger partial charge in [0.2, 0.25) is 0 Å². The van der Waals surface area contributed by atoms with Crippen molar-refractivity contribution in [1.29, 1.82) is 0 Å². The van der Waals surface area contributed by atoms with Gasteiger partial charge in [0.1, 0.15) is 5.75 Å². The Morgan fingerprint density at radius 1 is 1.50 bits per heavy atom. The van der Waals surface area contributed by atoms with E-state index in [9.17, 15) is 0 Å². The van der Waals surface area contributed by atoms with Gasteiger partial charge in [0.05, 0.1) is 7.11 Å². The van der Waals surface area contributed by atoms with Crippen LogP contribution >= 0.6 is 0 Å². The molecule has 1 rings (SSSR count). The third-order valence-corrected chi connectivity index (χ3v) is 2.35. The number of benzene rings is 1. The van der Waals surface area contributed by atoms with Gasteiger partial charge in [-0.25, -0.2) is 0 Å². The lowest BCUT2D eigenvalue weighted by molar-refractivity contribution is 0.277. The minimum Gasteiger partial charge on any atom is -0.496 e. The topological polar surface area (TPSA) is 55.5 Å². The molecule has 1 aromatic rings. The third kappa shape index (κ3) is 2.39. The Kier molecular flexibility index (Phi) is 3.77. The van der Waals surface area contributed by atoms with E-state index in [0.29, 0.717) is 5.69 Å². The molecule has 0 bridgehead atoms. The second-order valence-electron chi connectivity index (χ2n) is 3.41. The van der Waals surface area contributed by atoms with Gasteiger partial charge in [-0.3, -0.25) is 0 Å². The van der Waals surface area contributed by atoms with Gasteiger partial charge in [-0.2, -0.15) is 0 Å². The molecule has 0 aliphatic rings. The molecule has 0 saturated carbocycles. The molecule has 0 aromatic heterocycles. The van der Waals surface area contributed by atoms with E-state index in [2.05, 4.69) is 6.92 Å². The lowest BCUT2D eigenvalue weighted by Gasteiger charge is -2.14. The molecular weight excluding hydrogens is 178 g/mol. The van der Waals surface area contributed by atoms with Crippen LogP contribution < -0.4 is 10.5 Å². The largest absolute Gasteiger partial charge is 0.496 e. The van der Waals surface area contributed by atoms with Crippen molar-refractivity contribution in [2.24, 2.45) is 0 Å². The van der Waals surface area contributed by atoms with Gasteiger partial charge in [0.15, 0.2) is 0 Å². The van der Waals surface area contributed by atoms with Crippen LogP contribution in [0.1, 0.15) is 24.8 Å². The monoisotopic (exact) mass is 195 g/mol. The van der Waals surface area contributed by atoms with Gasteiger partial charge in [-0.15, -0.1) is 0 Å². The number of aliphatic hydroxyl groups is 1. The van der Waals surface area contributed by atoms with E-state index in [1.54, 1.807) is 7.11 Å². The lowest BCUT2D eigenvalue weighted by Crippen LogP contribution is -2.00. The number of methoxy groups -OCH3 is 1. The van der Waals surface area contributed by atoms with E-state index in [1.807, 2.05) is 18.2 Å². The van der Waals surface area contributed by atoms with Crippen LogP contribution in [0.3, 0.4) is 0 Å². The van der Waals surface area contributed by atoms with Crippen LogP contribution in [-0.4, -0.2) is 18.8 Å². The molecule has 0 radical (unpaired) electrons. The molecule has 14 heavy (non-hydrogen) atoms. The van der Waals surface area contributed by atoms with E-state index in [4.69, 9.17) is 15.6 Å². The van der Waals surface area contributed by atoms with Gasteiger partial charge < -0.3 is 15.6 Å². The van der Waals surface area contributed by atoms with Crippen molar-refractivity contribution < 1.29 is 9.84 Å². The molecule has 0 saturated heterocycles. The molecule has 1 aromatic carbocycles. The lowest BCUT2D eigenvalue weighted by atomic mass is 9.97. The SMILES string of the molecule is COc1cc(N)ccc1[C@@H](C)CCO. The first-order valence-electron chi connectivity index (χ1n) is 4.73. The first kappa shape index (κ1) is 10.9. The summed E-state index contributed by atoms with van der Waals surface area (Å²) in [5.41, 5.74) is 7.44. The normalized spacial score (nSPS) is 12.5. The predicted octanol–water partition coefficient (Wildman–Crippen LogP) is 1.76. The van der Waals surface area contributed by atoms with E-state index in [1.165, 1.54) is 0 Å². The molecule has 3 heteroatoms. The maximum atomic E-state index is 8.85. The zero-order valence-electron chi connectivity index (χ0n) is 8.66. The van der Waals surface area contributed by atoms with E-state index >= 15 is 0 Å². The van der Waals surface area contributed by atoms with Gasteiger partial charge in [0.25, 0.3) is 0 Å². The molecule has 0 spiro atoms. The number of rotatable bonds is 4. The Morgan fingerprint density at radius 3 is 2.79 bits per heavy atom. The smallest absolute Gasteiger partial charge is 0.124 e. The average Bonchev–Trinajstić information content (AvgIpc) is 2.17. The highest BCUT2D eigenvalue weighted by atomic mass is 16.5. The van der Waals surface area contributed by atoms with Crippen LogP contribution in [0.5, 0.6) is 5.75 Å². The number of nitrogens with two attached hydrogens (primary N) is 1. The van der Waals surface area contributed by atoms with Crippen molar-refractivity contribution in [1.82, 2.24) is 0 Å². The number of ether oxygens (including phenoxy) is 1. The van der Waals surface area contributed by atoms with Crippen molar-refractivity contribution in [2.45, 2.75) is 19.3 Å². The molecule has 0 aliphatic carbocycles. The Morgan fingerprint density at radius 2 is 2.21 bits per heavy atom. The Balaban J connectivity index is 2.95. The number of aliphatic hydroxyl groups excluding tert-OH is 1. The number of anilines is 1. The number of nitrogen functional groups attached to an aromatic ring is 1. The van der Waals surface area contributed by atoms with Gasteiger partial charge in [-0.05, 0) is 24.0 Å². The van der Waals surface area contributed by atoms with E-state index < -0.39 is 0 Å². The van der Waals surface area contributed by atoms with Crippen molar-refractivity contribution >= 4 is 5.69 Å². The predicted molar refractivity (Wildman–Crippen MR) is 57.5 cm³/mol. The second-order valence-corrected chi connectivity index (χ2v) is 3.41. The van der Waals surface area contributed by atoms with Crippen molar-refractivity contribution in [3.8, 4) is 5.75 Å². The van der Waals surface area contributed by atoms with E-state index in [0.717, 1.165) is 17.7 Å². The van der Waals surface area contributed by atoms with Crippen molar-refractivity contribution in [3.63, 3.8) is 0 Å². The molecule has 0 fully saturated rings. The van der Waals surface area contributed by atoms with Crippen LogP contribution in [0.4, 0.5) is 5.69 Å². The van der Waals surface area contributed by atoms with Crippen molar-refractivity contribution in [3.05, 3.63) is 23.8 Å². The van der Waals surface area contributed by atoms with Crippen LogP contribution in [-0.2, 0) is 0 Å². The molecule has 0 aliphatic heterocycles. The quantitative estimate of drug-likeness (QED) is 0.720. The summed E-state index contributed by atoms with van der Waals surface area (Å²) in [5.74, 6) is 1.08. The fraction of sp³-hybridized carbons (Fsp3) is 0.455.